The lowest BCUT2D eigenvalue weighted by molar-refractivity contribution is 0.0699. The van der Waals surface area contributed by atoms with E-state index in [9.17, 15) is 9.90 Å². The normalized spacial score (nSPS) is 13.4. The van der Waals surface area contributed by atoms with E-state index < -0.39 is 5.97 Å². The second kappa shape index (κ2) is 8.63. The maximum atomic E-state index is 11.3. The van der Waals surface area contributed by atoms with Crippen LogP contribution in [0.2, 0.25) is 5.02 Å². The number of nitrogens with one attached hydrogen (secondary N) is 2. The maximum Gasteiger partial charge on any atom is 0.337 e. The molecule has 146 valence electrons. The molecule has 2 aromatic carbocycles. The fourth-order valence-electron chi connectivity index (χ4n) is 3.00. The minimum absolute atomic E-state index is 0.259. The number of benzene rings is 2. The topological polar surface area (TPSA) is 65.1 Å². The number of aromatic carboxylic acids is 1. The zero-order chi connectivity index (χ0) is 20.3. The summed E-state index contributed by atoms with van der Waals surface area (Å²) < 4.78 is 0. The number of rotatable bonds is 3. The van der Waals surface area contributed by atoms with Crippen molar-refractivity contribution >= 4 is 28.5 Å². The van der Waals surface area contributed by atoms with Gasteiger partial charge in [-0.2, -0.15) is 0 Å². The predicted molar refractivity (Wildman–Crippen MR) is 116 cm³/mol. The van der Waals surface area contributed by atoms with Crippen molar-refractivity contribution < 1.29 is 9.90 Å². The van der Waals surface area contributed by atoms with E-state index in [-0.39, 0.29) is 5.56 Å². The average Bonchev–Trinajstić information content (AvgIpc) is 3.03. The molecule has 0 spiro atoms. The molecule has 0 radical (unpaired) electrons. The van der Waals surface area contributed by atoms with Crippen LogP contribution in [-0.4, -0.2) is 29.1 Å². The van der Waals surface area contributed by atoms with Gasteiger partial charge in [0.05, 0.1) is 10.6 Å². The highest BCUT2D eigenvalue weighted by atomic mass is 35.5. The second-order valence-electron chi connectivity index (χ2n) is 7.23. The van der Waals surface area contributed by atoms with Crippen molar-refractivity contribution in [2.24, 2.45) is 0 Å². The van der Waals surface area contributed by atoms with E-state index in [1.54, 1.807) is 6.07 Å². The number of H-pyrrole nitrogens is 1. The van der Waals surface area contributed by atoms with Gasteiger partial charge in [0.1, 0.15) is 0 Å². The SMILES string of the molecule is CC=C(C)C.O=C(O)c1c[nH]c2cc(Cl)c(-c3ccc(C4CNC4)cc3)cc12. The first-order valence-corrected chi connectivity index (χ1v) is 9.73. The number of fused-ring (bicyclic) bond motifs is 1. The van der Waals surface area contributed by atoms with Crippen molar-refractivity contribution in [2.75, 3.05) is 13.1 Å². The molecule has 4 nitrogen and oxygen atoms in total. The van der Waals surface area contributed by atoms with E-state index in [1.807, 2.05) is 25.1 Å². The van der Waals surface area contributed by atoms with E-state index >= 15 is 0 Å². The van der Waals surface area contributed by atoms with Gasteiger partial charge in [-0.1, -0.05) is 47.5 Å². The third-order valence-electron chi connectivity index (χ3n) is 5.05. The molecule has 1 aromatic heterocycles. The lowest BCUT2D eigenvalue weighted by atomic mass is 9.92. The number of halogens is 1. The maximum absolute atomic E-state index is 11.3. The van der Waals surface area contributed by atoms with Crippen LogP contribution in [0.25, 0.3) is 22.0 Å². The molecule has 2 heterocycles. The minimum atomic E-state index is -0.947. The summed E-state index contributed by atoms with van der Waals surface area (Å²) in [6.07, 6.45) is 3.58. The van der Waals surface area contributed by atoms with E-state index in [2.05, 4.69) is 42.4 Å². The van der Waals surface area contributed by atoms with E-state index in [0.717, 1.165) is 29.7 Å². The van der Waals surface area contributed by atoms with Gasteiger partial charge >= 0.3 is 5.97 Å². The molecular formula is C23H25ClN2O2. The summed E-state index contributed by atoms with van der Waals surface area (Å²) in [5.41, 5.74) is 5.52. The molecule has 0 saturated carbocycles. The molecule has 1 aliphatic rings. The average molecular weight is 397 g/mol. The van der Waals surface area contributed by atoms with E-state index in [0.29, 0.717) is 16.3 Å². The van der Waals surface area contributed by atoms with Crippen LogP contribution in [0.5, 0.6) is 0 Å². The van der Waals surface area contributed by atoms with Crippen molar-refractivity contribution in [2.45, 2.75) is 26.7 Å². The van der Waals surface area contributed by atoms with Crippen molar-refractivity contribution in [3.05, 3.63) is 70.4 Å². The molecule has 5 heteroatoms. The number of carbonyl (C=O) groups is 1. The molecule has 0 unspecified atom stereocenters. The molecule has 0 amide bonds. The molecule has 1 fully saturated rings. The summed E-state index contributed by atoms with van der Waals surface area (Å²) >= 11 is 6.39. The monoisotopic (exact) mass is 396 g/mol. The molecule has 4 rings (SSSR count). The van der Waals surface area contributed by atoms with Crippen molar-refractivity contribution in [3.8, 4) is 11.1 Å². The Balaban J connectivity index is 0.000000403. The quantitative estimate of drug-likeness (QED) is 0.487. The van der Waals surface area contributed by atoms with Gasteiger partial charge in [0.25, 0.3) is 0 Å². The summed E-state index contributed by atoms with van der Waals surface area (Å²) in [4.78, 5) is 14.3. The Kier molecular flexibility index (Phi) is 6.22. The Bertz CT molecular complexity index is 1010. The fraction of sp³-hybridized carbons (Fsp3) is 0.261. The molecule has 1 aliphatic heterocycles. The smallest absolute Gasteiger partial charge is 0.337 e. The van der Waals surface area contributed by atoms with Crippen LogP contribution in [0, 0.1) is 0 Å². The van der Waals surface area contributed by atoms with Crippen LogP contribution in [-0.2, 0) is 0 Å². The first-order valence-electron chi connectivity index (χ1n) is 9.35. The largest absolute Gasteiger partial charge is 0.478 e. The van der Waals surface area contributed by atoms with Crippen molar-refractivity contribution in [3.63, 3.8) is 0 Å². The molecule has 3 aromatic rings. The fourth-order valence-corrected chi connectivity index (χ4v) is 3.27. The highest BCUT2D eigenvalue weighted by Crippen LogP contribution is 2.34. The lowest BCUT2D eigenvalue weighted by Crippen LogP contribution is -2.39. The van der Waals surface area contributed by atoms with Gasteiger partial charge in [0.2, 0.25) is 0 Å². The highest BCUT2D eigenvalue weighted by molar-refractivity contribution is 6.34. The van der Waals surface area contributed by atoms with Crippen LogP contribution < -0.4 is 5.32 Å². The zero-order valence-electron chi connectivity index (χ0n) is 16.3. The Labute approximate surface area is 170 Å². The van der Waals surface area contributed by atoms with Gasteiger partial charge in [-0.15, -0.1) is 0 Å². The third kappa shape index (κ3) is 4.29. The molecule has 0 atom stereocenters. The Hall–Kier alpha value is -2.56. The molecular weight excluding hydrogens is 372 g/mol. The van der Waals surface area contributed by atoms with Gasteiger partial charge in [-0.25, -0.2) is 4.79 Å². The van der Waals surface area contributed by atoms with Crippen LogP contribution in [0.1, 0.15) is 42.6 Å². The van der Waals surface area contributed by atoms with E-state index in [1.165, 1.54) is 17.3 Å². The summed E-state index contributed by atoms with van der Waals surface area (Å²) in [5, 5.41) is 13.8. The Morgan fingerprint density at radius 2 is 1.82 bits per heavy atom. The number of hydrogen-bond donors (Lipinski definition) is 3. The number of allylic oxidation sites excluding steroid dienone is 2. The number of hydrogen-bond acceptors (Lipinski definition) is 2. The summed E-state index contributed by atoms with van der Waals surface area (Å²) in [6, 6.07) is 12.0. The second-order valence-corrected chi connectivity index (χ2v) is 7.64. The number of carboxylic acid groups (broad SMARTS) is 1. The van der Waals surface area contributed by atoms with Crippen LogP contribution >= 0.6 is 11.6 Å². The van der Waals surface area contributed by atoms with Gasteiger partial charge in [0.15, 0.2) is 0 Å². The van der Waals surface area contributed by atoms with Gasteiger partial charge in [0, 0.05) is 41.7 Å². The first kappa shape index (κ1) is 20.2. The van der Waals surface area contributed by atoms with Crippen LogP contribution in [0.15, 0.2) is 54.2 Å². The first-order chi connectivity index (χ1) is 13.4. The van der Waals surface area contributed by atoms with Gasteiger partial charge in [-0.05, 0) is 44.0 Å². The Morgan fingerprint density at radius 1 is 1.18 bits per heavy atom. The summed E-state index contributed by atoms with van der Waals surface area (Å²) in [5.74, 6) is -0.359. The number of aromatic amines is 1. The van der Waals surface area contributed by atoms with Gasteiger partial charge < -0.3 is 15.4 Å². The standard InChI is InChI=1S/C18H15ClN2O2.C5H10/c19-16-6-17-14(15(9-21-17)18(22)23)5-13(16)11-3-1-10(2-4-11)12-7-20-8-12;1-4-5(2)3/h1-6,9,12,20-21H,7-8H2,(H,22,23);4H,1-3H3. The van der Waals surface area contributed by atoms with Crippen molar-refractivity contribution in [1.82, 2.24) is 10.3 Å². The highest BCUT2D eigenvalue weighted by Gasteiger charge is 2.19. The van der Waals surface area contributed by atoms with Crippen LogP contribution in [0.3, 0.4) is 0 Å². The molecule has 3 N–H and O–H groups in total. The summed E-state index contributed by atoms with van der Waals surface area (Å²) in [7, 11) is 0. The zero-order valence-corrected chi connectivity index (χ0v) is 17.1. The van der Waals surface area contributed by atoms with E-state index in [4.69, 9.17) is 11.6 Å². The number of carboxylic acids is 1. The molecule has 1 saturated heterocycles. The molecule has 0 bridgehead atoms. The third-order valence-corrected chi connectivity index (χ3v) is 5.36. The van der Waals surface area contributed by atoms with Gasteiger partial charge in [-0.3, -0.25) is 0 Å². The molecule has 0 aliphatic carbocycles. The predicted octanol–water partition coefficient (Wildman–Crippen LogP) is 5.85. The minimum Gasteiger partial charge on any atom is -0.478 e. The van der Waals surface area contributed by atoms with Crippen LogP contribution in [0.4, 0.5) is 0 Å². The van der Waals surface area contributed by atoms with Crippen molar-refractivity contribution in [1.29, 1.82) is 0 Å². The number of aromatic nitrogens is 1. The lowest BCUT2D eigenvalue weighted by Gasteiger charge is -2.27. The Morgan fingerprint density at radius 3 is 2.32 bits per heavy atom. The molecule has 28 heavy (non-hydrogen) atoms. The summed E-state index contributed by atoms with van der Waals surface area (Å²) in [6.45, 7) is 8.25.